The molecule has 1 unspecified atom stereocenters. The van der Waals surface area contributed by atoms with Gasteiger partial charge in [-0.15, -0.1) is 0 Å². The third kappa shape index (κ3) is 3.39. The molecule has 2 N–H and O–H groups in total. The van der Waals surface area contributed by atoms with Crippen molar-refractivity contribution in [1.29, 1.82) is 0 Å². The summed E-state index contributed by atoms with van der Waals surface area (Å²) in [6, 6.07) is 0.291. The van der Waals surface area contributed by atoms with Crippen molar-refractivity contribution in [3.63, 3.8) is 0 Å². The number of likely N-dealkylation sites (tertiary alicyclic amines) is 2. The summed E-state index contributed by atoms with van der Waals surface area (Å²) < 4.78 is 0. The first-order valence-corrected chi connectivity index (χ1v) is 8.39. The Hall–Kier alpha value is -0.260. The molecule has 2 aliphatic heterocycles. The summed E-state index contributed by atoms with van der Waals surface area (Å²) in [4.78, 5) is 16.7. The summed E-state index contributed by atoms with van der Waals surface area (Å²) in [5, 5.41) is 0. The van der Waals surface area contributed by atoms with Gasteiger partial charge >= 0.3 is 0 Å². The maximum absolute atomic E-state index is 12.2. The van der Waals surface area contributed by atoms with Crippen molar-refractivity contribution in [3.8, 4) is 0 Å². The fourth-order valence-electron chi connectivity index (χ4n) is 2.95. The summed E-state index contributed by atoms with van der Waals surface area (Å²) in [5.41, 5.74) is 5.96. The number of thioether (sulfide) groups is 1. The molecule has 0 aromatic carbocycles. The van der Waals surface area contributed by atoms with Crippen LogP contribution in [0.1, 0.15) is 25.7 Å². The van der Waals surface area contributed by atoms with Crippen LogP contribution in [0.25, 0.3) is 0 Å². The number of nitrogens with zero attached hydrogens (tertiary/aromatic N) is 2. The number of hydrogen-bond donors (Lipinski definition) is 1. The highest BCUT2D eigenvalue weighted by molar-refractivity contribution is 7.98. The van der Waals surface area contributed by atoms with Crippen LogP contribution in [0.4, 0.5) is 0 Å². The predicted molar refractivity (Wildman–Crippen MR) is 76.8 cm³/mol. The molecule has 1 amide bonds. The molecule has 2 aliphatic rings. The first kappa shape index (κ1) is 14.2. The van der Waals surface area contributed by atoms with E-state index in [1.807, 2.05) is 4.90 Å². The van der Waals surface area contributed by atoms with Gasteiger partial charge in [0.1, 0.15) is 0 Å². The quantitative estimate of drug-likeness (QED) is 0.802. The molecule has 104 valence electrons. The number of carbonyl (C=O) groups is 1. The number of nitrogens with two attached hydrogens (primary N) is 1. The minimum absolute atomic E-state index is 0.158. The number of carbonyl (C=O) groups excluding carboxylic acids is 1. The second-order valence-corrected chi connectivity index (χ2v) is 6.34. The van der Waals surface area contributed by atoms with Crippen molar-refractivity contribution < 1.29 is 4.79 Å². The lowest BCUT2D eigenvalue weighted by Gasteiger charge is -2.25. The summed E-state index contributed by atoms with van der Waals surface area (Å²) in [6.45, 7) is 4.22. The third-order valence-electron chi connectivity index (χ3n) is 4.08. The van der Waals surface area contributed by atoms with Gasteiger partial charge in [-0.1, -0.05) is 0 Å². The van der Waals surface area contributed by atoms with Crippen LogP contribution in [-0.4, -0.2) is 66.0 Å². The lowest BCUT2D eigenvalue weighted by Crippen LogP contribution is -2.44. The molecule has 0 aliphatic carbocycles. The van der Waals surface area contributed by atoms with Gasteiger partial charge < -0.3 is 10.6 Å². The van der Waals surface area contributed by atoms with Crippen LogP contribution in [0.2, 0.25) is 0 Å². The zero-order valence-corrected chi connectivity index (χ0v) is 12.1. The molecular weight excluding hydrogens is 246 g/mol. The first-order valence-electron chi connectivity index (χ1n) is 6.99. The minimum Gasteiger partial charge on any atom is -0.340 e. The fraction of sp³-hybridized carbons (Fsp3) is 0.923. The molecule has 0 radical (unpaired) electrons. The number of hydrogen-bond acceptors (Lipinski definition) is 4. The second-order valence-electron chi connectivity index (χ2n) is 5.36. The van der Waals surface area contributed by atoms with E-state index in [2.05, 4.69) is 11.2 Å². The molecule has 0 aromatic rings. The highest BCUT2D eigenvalue weighted by Gasteiger charge is 2.33. The zero-order valence-electron chi connectivity index (χ0n) is 11.3. The molecule has 0 spiro atoms. The summed E-state index contributed by atoms with van der Waals surface area (Å²) in [7, 11) is 0. The minimum atomic E-state index is -0.297. The Bertz CT molecular complexity index is 281. The molecule has 2 rings (SSSR count). The highest BCUT2D eigenvalue weighted by Crippen LogP contribution is 2.21. The zero-order chi connectivity index (χ0) is 13.0. The molecule has 0 bridgehead atoms. The summed E-state index contributed by atoms with van der Waals surface area (Å²) >= 11 is 1.75. The van der Waals surface area contributed by atoms with Crippen LogP contribution >= 0.6 is 11.8 Å². The van der Waals surface area contributed by atoms with Gasteiger partial charge in [0.25, 0.3) is 0 Å². The van der Waals surface area contributed by atoms with E-state index in [-0.39, 0.29) is 11.9 Å². The highest BCUT2D eigenvalue weighted by atomic mass is 32.2. The van der Waals surface area contributed by atoms with Gasteiger partial charge in [-0.2, -0.15) is 11.8 Å². The van der Waals surface area contributed by atoms with Crippen LogP contribution < -0.4 is 5.73 Å². The first-order chi connectivity index (χ1) is 8.72. The van der Waals surface area contributed by atoms with Crippen LogP contribution in [0.3, 0.4) is 0 Å². The molecule has 2 atom stereocenters. The van der Waals surface area contributed by atoms with Crippen LogP contribution in [0.15, 0.2) is 0 Å². The van der Waals surface area contributed by atoms with Gasteiger partial charge in [0.15, 0.2) is 0 Å². The van der Waals surface area contributed by atoms with Crippen molar-refractivity contribution in [3.05, 3.63) is 0 Å². The van der Waals surface area contributed by atoms with Crippen LogP contribution in [0.5, 0.6) is 0 Å². The molecule has 4 nitrogen and oxygen atoms in total. The Balaban J connectivity index is 1.78. The average Bonchev–Trinajstić information content (AvgIpc) is 3.04. The average molecular weight is 271 g/mol. The molecular formula is C13H25N3OS. The van der Waals surface area contributed by atoms with Gasteiger partial charge in [0.2, 0.25) is 5.91 Å². The molecule has 5 heteroatoms. The van der Waals surface area contributed by atoms with E-state index in [0.717, 1.165) is 31.7 Å². The van der Waals surface area contributed by atoms with E-state index >= 15 is 0 Å². The Morgan fingerprint density at radius 3 is 2.78 bits per heavy atom. The Kier molecular flexibility index (Phi) is 5.33. The maximum atomic E-state index is 12.2. The van der Waals surface area contributed by atoms with Crippen molar-refractivity contribution in [2.24, 2.45) is 5.73 Å². The largest absolute Gasteiger partial charge is 0.340 e. The van der Waals surface area contributed by atoms with Crippen molar-refractivity contribution in [1.82, 2.24) is 9.80 Å². The van der Waals surface area contributed by atoms with Gasteiger partial charge in [0.05, 0.1) is 6.04 Å². The molecule has 0 saturated carbocycles. The topological polar surface area (TPSA) is 49.6 Å². The monoisotopic (exact) mass is 271 g/mol. The van der Waals surface area contributed by atoms with E-state index < -0.39 is 0 Å². The number of rotatable bonds is 5. The van der Waals surface area contributed by atoms with Gasteiger partial charge in [-0.3, -0.25) is 9.69 Å². The number of amides is 1. The smallest absolute Gasteiger partial charge is 0.239 e. The van der Waals surface area contributed by atoms with Crippen LogP contribution in [0, 0.1) is 0 Å². The standard InChI is InChI=1S/C13H25N3OS/c1-18-9-5-12(14)13(17)16-8-4-11(10-16)15-6-2-3-7-15/h11-12H,2-10,14H2,1H3/t11?,12-/m0/s1. The van der Waals surface area contributed by atoms with Gasteiger partial charge in [0, 0.05) is 19.1 Å². The van der Waals surface area contributed by atoms with E-state index in [0.29, 0.717) is 6.04 Å². The van der Waals surface area contributed by atoms with Gasteiger partial charge in [-0.05, 0) is 50.8 Å². The second kappa shape index (κ2) is 6.78. The van der Waals surface area contributed by atoms with Crippen LogP contribution in [-0.2, 0) is 4.79 Å². The maximum Gasteiger partial charge on any atom is 0.239 e. The lowest BCUT2D eigenvalue weighted by molar-refractivity contribution is -0.131. The SMILES string of the molecule is CSCC[C@H](N)C(=O)N1CCC(N2CCCC2)C1. The summed E-state index contributed by atoms with van der Waals surface area (Å²) in [5.74, 6) is 1.13. The molecule has 2 saturated heterocycles. The lowest BCUT2D eigenvalue weighted by atomic mass is 10.2. The van der Waals surface area contributed by atoms with Crippen molar-refractivity contribution >= 4 is 17.7 Å². The van der Waals surface area contributed by atoms with E-state index in [9.17, 15) is 4.79 Å². The molecule has 2 heterocycles. The Morgan fingerprint density at radius 2 is 2.11 bits per heavy atom. The normalized spacial score (nSPS) is 26.8. The predicted octanol–water partition coefficient (Wildman–Crippen LogP) is 0.763. The van der Waals surface area contributed by atoms with Crippen molar-refractivity contribution in [2.45, 2.75) is 37.8 Å². The van der Waals surface area contributed by atoms with Crippen molar-refractivity contribution in [2.75, 3.05) is 38.2 Å². The van der Waals surface area contributed by atoms with Gasteiger partial charge in [-0.25, -0.2) is 0 Å². The van der Waals surface area contributed by atoms with E-state index in [1.165, 1.54) is 25.9 Å². The van der Waals surface area contributed by atoms with E-state index in [4.69, 9.17) is 5.73 Å². The fourth-order valence-corrected chi connectivity index (χ4v) is 3.44. The van der Waals surface area contributed by atoms with E-state index in [1.54, 1.807) is 11.8 Å². The molecule has 18 heavy (non-hydrogen) atoms. The third-order valence-corrected chi connectivity index (χ3v) is 4.73. The molecule has 2 fully saturated rings. The Morgan fingerprint density at radius 1 is 1.39 bits per heavy atom. The Labute approximate surface area is 114 Å². The summed E-state index contributed by atoms with van der Waals surface area (Å²) in [6.07, 6.45) is 6.61. The molecule has 0 aromatic heterocycles.